The van der Waals surface area contributed by atoms with Gasteiger partial charge in [0, 0.05) is 25.5 Å². The second kappa shape index (κ2) is 7.20. The fourth-order valence-corrected chi connectivity index (χ4v) is 2.38. The maximum atomic E-state index is 12.5. The number of aromatic nitrogens is 2. The van der Waals surface area contributed by atoms with Crippen LogP contribution in [0.15, 0.2) is 29.1 Å². The summed E-state index contributed by atoms with van der Waals surface area (Å²) in [5.74, 6) is -0.150. The number of nitrogens with zero attached hydrogens (tertiary/aromatic N) is 3. The SMILES string of the molecule is CCCCCn1nc(C(=O)N(C)CC)c2ccccc2c1=O. The molecule has 2 aromatic rings. The largest absolute Gasteiger partial charge is 0.341 e. The number of unbranched alkanes of at least 4 members (excludes halogenated alkanes) is 2. The average molecular weight is 301 g/mol. The Morgan fingerprint density at radius 2 is 1.86 bits per heavy atom. The number of carbonyl (C=O) groups excluding carboxylic acids is 1. The van der Waals surface area contributed by atoms with E-state index in [-0.39, 0.29) is 11.5 Å². The van der Waals surface area contributed by atoms with Crippen LogP contribution in [0.25, 0.3) is 10.8 Å². The molecule has 1 heterocycles. The van der Waals surface area contributed by atoms with Crippen LogP contribution in [0.4, 0.5) is 0 Å². The van der Waals surface area contributed by atoms with Crippen molar-refractivity contribution in [1.29, 1.82) is 0 Å². The first-order valence-corrected chi connectivity index (χ1v) is 7.85. The van der Waals surface area contributed by atoms with Crippen molar-refractivity contribution in [2.45, 2.75) is 39.7 Å². The summed E-state index contributed by atoms with van der Waals surface area (Å²) in [7, 11) is 1.74. The van der Waals surface area contributed by atoms with Crippen molar-refractivity contribution in [2.75, 3.05) is 13.6 Å². The van der Waals surface area contributed by atoms with Crippen molar-refractivity contribution in [3.8, 4) is 0 Å². The summed E-state index contributed by atoms with van der Waals surface area (Å²) < 4.78 is 1.44. The molecule has 5 nitrogen and oxygen atoms in total. The van der Waals surface area contributed by atoms with Gasteiger partial charge in [-0.2, -0.15) is 5.10 Å². The Labute approximate surface area is 130 Å². The number of hydrogen-bond acceptors (Lipinski definition) is 3. The van der Waals surface area contributed by atoms with Crippen LogP contribution in [-0.2, 0) is 6.54 Å². The molecule has 0 fully saturated rings. The van der Waals surface area contributed by atoms with Gasteiger partial charge < -0.3 is 4.90 Å². The number of benzene rings is 1. The van der Waals surface area contributed by atoms with E-state index in [1.54, 1.807) is 24.1 Å². The van der Waals surface area contributed by atoms with Gasteiger partial charge in [0.25, 0.3) is 11.5 Å². The maximum absolute atomic E-state index is 12.5. The average Bonchev–Trinajstić information content (AvgIpc) is 2.56. The van der Waals surface area contributed by atoms with E-state index in [1.807, 2.05) is 19.1 Å². The summed E-state index contributed by atoms with van der Waals surface area (Å²) in [4.78, 5) is 26.7. The molecule has 1 aromatic carbocycles. The molecule has 0 aliphatic carbocycles. The third-order valence-corrected chi connectivity index (χ3v) is 3.86. The van der Waals surface area contributed by atoms with E-state index in [0.29, 0.717) is 29.6 Å². The third-order valence-electron chi connectivity index (χ3n) is 3.86. The van der Waals surface area contributed by atoms with Crippen LogP contribution in [0.1, 0.15) is 43.6 Å². The fraction of sp³-hybridized carbons (Fsp3) is 0.471. The molecule has 0 N–H and O–H groups in total. The lowest BCUT2D eigenvalue weighted by Crippen LogP contribution is -2.32. The van der Waals surface area contributed by atoms with Crippen LogP contribution in [0, 0.1) is 0 Å². The molecule has 0 bridgehead atoms. The van der Waals surface area contributed by atoms with Gasteiger partial charge in [0.2, 0.25) is 0 Å². The predicted octanol–water partition coefficient (Wildman–Crippen LogP) is 2.68. The molecule has 0 spiro atoms. The second-order valence-electron chi connectivity index (χ2n) is 5.45. The highest BCUT2D eigenvalue weighted by Gasteiger charge is 2.18. The van der Waals surface area contributed by atoms with E-state index in [2.05, 4.69) is 12.0 Å². The molecule has 5 heteroatoms. The van der Waals surface area contributed by atoms with Gasteiger partial charge >= 0.3 is 0 Å². The third kappa shape index (κ3) is 3.18. The minimum atomic E-state index is -0.150. The summed E-state index contributed by atoms with van der Waals surface area (Å²) in [6.07, 6.45) is 3.00. The van der Waals surface area contributed by atoms with Crippen molar-refractivity contribution in [3.05, 3.63) is 40.3 Å². The van der Waals surface area contributed by atoms with Gasteiger partial charge in [-0.1, -0.05) is 38.0 Å². The number of hydrogen-bond donors (Lipinski definition) is 0. The Morgan fingerprint density at radius 3 is 2.50 bits per heavy atom. The lowest BCUT2D eigenvalue weighted by Gasteiger charge is -2.16. The Morgan fingerprint density at radius 1 is 1.18 bits per heavy atom. The first-order valence-electron chi connectivity index (χ1n) is 7.85. The van der Waals surface area contributed by atoms with E-state index in [1.165, 1.54) is 4.68 Å². The number of aryl methyl sites for hydroxylation is 1. The molecule has 0 radical (unpaired) electrons. The number of amides is 1. The van der Waals surface area contributed by atoms with Crippen molar-refractivity contribution < 1.29 is 4.79 Å². The lowest BCUT2D eigenvalue weighted by atomic mass is 10.1. The van der Waals surface area contributed by atoms with Crippen LogP contribution in [-0.4, -0.2) is 34.2 Å². The summed E-state index contributed by atoms with van der Waals surface area (Å²) >= 11 is 0. The van der Waals surface area contributed by atoms with Gasteiger partial charge in [0.15, 0.2) is 5.69 Å². The zero-order chi connectivity index (χ0) is 16.1. The first-order chi connectivity index (χ1) is 10.6. The molecular weight excluding hydrogens is 278 g/mol. The molecule has 0 aliphatic rings. The highest BCUT2D eigenvalue weighted by Crippen LogP contribution is 2.15. The van der Waals surface area contributed by atoms with Gasteiger partial charge in [-0.05, 0) is 19.4 Å². The van der Waals surface area contributed by atoms with E-state index >= 15 is 0 Å². The summed E-state index contributed by atoms with van der Waals surface area (Å²) in [5.41, 5.74) is 0.235. The zero-order valence-electron chi connectivity index (χ0n) is 13.5. The normalized spacial score (nSPS) is 10.9. The molecule has 1 aromatic heterocycles. The highest BCUT2D eigenvalue weighted by atomic mass is 16.2. The minimum Gasteiger partial charge on any atom is -0.341 e. The highest BCUT2D eigenvalue weighted by molar-refractivity contribution is 6.04. The molecule has 0 saturated heterocycles. The minimum absolute atomic E-state index is 0.123. The van der Waals surface area contributed by atoms with E-state index in [0.717, 1.165) is 19.3 Å². The van der Waals surface area contributed by atoms with Crippen molar-refractivity contribution >= 4 is 16.7 Å². The molecule has 0 aliphatic heterocycles. The Bertz CT molecular complexity index is 721. The van der Waals surface area contributed by atoms with Gasteiger partial charge in [-0.25, -0.2) is 4.68 Å². The van der Waals surface area contributed by atoms with Crippen LogP contribution in [0.5, 0.6) is 0 Å². The summed E-state index contributed by atoms with van der Waals surface area (Å²) in [6, 6.07) is 7.20. The summed E-state index contributed by atoms with van der Waals surface area (Å²) in [5, 5.41) is 5.54. The van der Waals surface area contributed by atoms with Gasteiger partial charge in [-0.3, -0.25) is 9.59 Å². The van der Waals surface area contributed by atoms with Gasteiger partial charge in [-0.15, -0.1) is 0 Å². The Balaban J connectivity index is 2.56. The van der Waals surface area contributed by atoms with Crippen LogP contribution < -0.4 is 5.56 Å². The molecule has 0 unspecified atom stereocenters. The quantitative estimate of drug-likeness (QED) is 0.771. The monoisotopic (exact) mass is 301 g/mol. The zero-order valence-corrected chi connectivity index (χ0v) is 13.5. The first kappa shape index (κ1) is 16.2. The predicted molar refractivity (Wildman–Crippen MR) is 88.2 cm³/mol. The van der Waals surface area contributed by atoms with Crippen LogP contribution in [0.2, 0.25) is 0 Å². The molecule has 22 heavy (non-hydrogen) atoms. The topological polar surface area (TPSA) is 55.2 Å². The van der Waals surface area contributed by atoms with Crippen LogP contribution in [0.3, 0.4) is 0 Å². The lowest BCUT2D eigenvalue weighted by molar-refractivity contribution is 0.0796. The molecular formula is C17H23N3O2. The molecule has 0 saturated carbocycles. The van der Waals surface area contributed by atoms with Gasteiger partial charge in [0.05, 0.1) is 5.39 Å². The molecule has 2 rings (SSSR count). The number of fused-ring (bicyclic) bond motifs is 1. The van der Waals surface area contributed by atoms with Crippen molar-refractivity contribution in [1.82, 2.24) is 14.7 Å². The molecule has 118 valence electrons. The Kier molecular flexibility index (Phi) is 5.31. The van der Waals surface area contributed by atoms with Crippen molar-refractivity contribution in [3.63, 3.8) is 0 Å². The second-order valence-corrected chi connectivity index (χ2v) is 5.45. The maximum Gasteiger partial charge on any atom is 0.274 e. The van der Waals surface area contributed by atoms with E-state index in [4.69, 9.17) is 0 Å². The van der Waals surface area contributed by atoms with Crippen LogP contribution >= 0.6 is 0 Å². The fourth-order valence-electron chi connectivity index (χ4n) is 2.38. The standard InChI is InChI=1S/C17H23N3O2/c1-4-6-9-12-20-16(21)14-11-8-7-10-13(14)15(18-20)17(22)19(3)5-2/h7-8,10-11H,4-6,9,12H2,1-3H3. The summed E-state index contributed by atoms with van der Waals surface area (Å²) in [6.45, 7) is 5.18. The van der Waals surface area contributed by atoms with Crippen molar-refractivity contribution in [2.24, 2.45) is 0 Å². The molecule has 1 amide bonds. The van der Waals surface area contributed by atoms with E-state index in [9.17, 15) is 9.59 Å². The number of carbonyl (C=O) groups is 1. The Hall–Kier alpha value is -2.17. The van der Waals surface area contributed by atoms with E-state index < -0.39 is 0 Å². The smallest absolute Gasteiger partial charge is 0.274 e. The molecule has 0 atom stereocenters. The van der Waals surface area contributed by atoms with Gasteiger partial charge in [0.1, 0.15) is 0 Å². The number of rotatable bonds is 6.